The summed E-state index contributed by atoms with van der Waals surface area (Å²) in [6, 6.07) is 6.05. The van der Waals surface area contributed by atoms with Crippen molar-refractivity contribution in [3.63, 3.8) is 0 Å². The predicted molar refractivity (Wildman–Crippen MR) is 88.3 cm³/mol. The van der Waals surface area contributed by atoms with Crippen LogP contribution in [0.5, 0.6) is 0 Å². The number of hydrogen-bond acceptors (Lipinski definition) is 9. The summed E-state index contributed by atoms with van der Waals surface area (Å²) in [5.41, 5.74) is 0.806. The molecule has 1 rings (SSSR count). The number of ether oxygens (including phenoxy) is 3. The molecule has 1 aromatic rings. The average Bonchev–Trinajstić information content (AvgIpc) is 2.68. The fraction of sp³-hybridized carbons (Fsp3) is 0.500. The highest BCUT2D eigenvalue weighted by Gasteiger charge is 2.08. The first-order valence-corrected chi connectivity index (χ1v) is 7.30. The van der Waals surface area contributed by atoms with Crippen LogP contribution >= 0.6 is 0 Å². The molecule has 0 saturated heterocycles. The fourth-order valence-corrected chi connectivity index (χ4v) is 1.21. The van der Waals surface area contributed by atoms with E-state index in [1.54, 1.807) is 0 Å². The third-order valence-corrected chi connectivity index (χ3v) is 2.30. The van der Waals surface area contributed by atoms with Crippen LogP contribution in [0.4, 0.5) is 0 Å². The normalized spacial score (nSPS) is 9.04. The standard InChI is InChI=1S/C10H10O4.C4H10O3.C2H6O2/c1-13-9(11)7-3-5-8(6-4-7)10(12)14-2;5-1-3-7-4-2-6;3-1-2-4/h3-6H,1-2H3;5-6H,1-4H2;3-4H,1-2H2. The molecule has 9 nitrogen and oxygen atoms in total. The number of aliphatic hydroxyl groups excluding tert-OH is 4. The molecule has 0 aliphatic heterocycles. The molecular weight excluding hydrogens is 336 g/mol. The number of benzene rings is 1. The quantitative estimate of drug-likeness (QED) is 0.363. The number of carbonyl (C=O) groups excluding carboxylic acids is 2. The minimum Gasteiger partial charge on any atom is -0.465 e. The van der Waals surface area contributed by atoms with Crippen molar-refractivity contribution in [2.45, 2.75) is 0 Å². The summed E-state index contributed by atoms with van der Waals surface area (Å²) in [7, 11) is 2.60. The number of rotatable bonds is 7. The largest absolute Gasteiger partial charge is 0.465 e. The van der Waals surface area contributed by atoms with Crippen molar-refractivity contribution in [2.75, 3.05) is 53.9 Å². The van der Waals surface area contributed by atoms with Gasteiger partial charge in [0.15, 0.2) is 0 Å². The molecule has 0 atom stereocenters. The molecule has 1 aromatic carbocycles. The number of aliphatic hydroxyl groups is 4. The second-order valence-corrected chi connectivity index (χ2v) is 4.07. The van der Waals surface area contributed by atoms with Gasteiger partial charge < -0.3 is 34.6 Å². The smallest absolute Gasteiger partial charge is 0.337 e. The lowest BCUT2D eigenvalue weighted by atomic mass is 10.1. The maximum atomic E-state index is 11.0. The van der Waals surface area contributed by atoms with E-state index >= 15 is 0 Å². The van der Waals surface area contributed by atoms with Crippen molar-refractivity contribution in [1.29, 1.82) is 0 Å². The molecule has 9 heteroatoms. The highest BCUT2D eigenvalue weighted by molar-refractivity contribution is 5.93. The van der Waals surface area contributed by atoms with E-state index < -0.39 is 11.9 Å². The fourth-order valence-electron chi connectivity index (χ4n) is 1.21. The maximum Gasteiger partial charge on any atom is 0.337 e. The van der Waals surface area contributed by atoms with Gasteiger partial charge in [0.2, 0.25) is 0 Å². The lowest BCUT2D eigenvalue weighted by molar-refractivity contribution is 0.0586. The Labute approximate surface area is 146 Å². The van der Waals surface area contributed by atoms with Gasteiger partial charge in [-0.3, -0.25) is 0 Å². The minimum atomic E-state index is -0.429. The Hall–Kier alpha value is -2.04. The van der Waals surface area contributed by atoms with Crippen LogP contribution in [0.2, 0.25) is 0 Å². The zero-order chi connectivity index (χ0) is 19.5. The molecule has 0 amide bonds. The van der Waals surface area contributed by atoms with Crippen molar-refractivity contribution < 1.29 is 44.2 Å². The highest BCUT2D eigenvalue weighted by Crippen LogP contribution is 2.06. The Morgan fingerprint density at radius 3 is 1.24 bits per heavy atom. The van der Waals surface area contributed by atoms with E-state index in [1.807, 2.05) is 0 Å². The van der Waals surface area contributed by atoms with Crippen molar-refractivity contribution in [1.82, 2.24) is 0 Å². The predicted octanol–water partition coefficient (Wildman–Crippen LogP) is -0.782. The summed E-state index contributed by atoms with van der Waals surface area (Å²) >= 11 is 0. The van der Waals surface area contributed by atoms with Crippen molar-refractivity contribution in [3.8, 4) is 0 Å². The second-order valence-electron chi connectivity index (χ2n) is 4.07. The number of esters is 2. The Balaban J connectivity index is 0. The summed E-state index contributed by atoms with van der Waals surface area (Å²) < 4.78 is 13.6. The van der Waals surface area contributed by atoms with E-state index in [0.717, 1.165) is 0 Å². The summed E-state index contributed by atoms with van der Waals surface area (Å²) in [5.74, 6) is -0.858. The Bertz CT molecular complexity index is 404. The van der Waals surface area contributed by atoms with Crippen LogP contribution in [0, 0.1) is 0 Å². The first-order valence-electron chi connectivity index (χ1n) is 7.30. The van der Waals surface area contributed by atoms with Gasteiger partial charge in [0, 0.05) is 0 Å². The summed E-state index contributed by atoms with van der Waals surface area (Å²) in [6.07, 6.45) is 0. The Morgan fingerprint density at radius 2 is 1.04 bits per heavy atom. The van der Waals surface area contributed by atoms with Crippen molar-refractivity contribution >= 4 is 11.9 Å². The SMILES string of the molecule is COC(=O)c1ccc(C(=O)OC)cc1.OCCO.OCCOCCO. The van der Waals surface area contributed by atoms with Gasteiger partial charge >= 0.3 is 11.9 Å². The van der Waals surface area contributed by atoms with Gasteiger partial charge in [0.1, 0.15) is 0 Å². The molecule has 0 heterocycles. The average molecular weight is 362 g/mol. The summed E-state index contributed by atoms with van der Waals surface area (Å²) in [4.78, 5) is 22.1. The molecule has 0 aromatic heterocycles. The molecule has 0 aliphatic rings. The summed E-state index contributed by atoms with van der Waals surface area (Å²) in [5, 5.41) is 31.4. The van der Waals surface area contributed by atoms with Crippen LogP contribution in [0.3, 0.4) is 0 Å². The van der Waals surface area contributed by atoms with Crippen LogP contribution in [-0.2, 0) is 14.2 Å². The molecule has 0 fully saturated rings. The lowest BCUT2D eigenvalue weighted by Crippen LogP contribution is -2.04. The number of carbonyl (C=O) groups is 2. The lowest BCUT2D eigenvalue weighted by Gasteiger charge is -2.00. The van der Waals surface area contributed by atoms with Crippen LogP contribution in [0.1, 0.15) is 20.7 Å². The first-order chi connectivity index (χ1) is 12.0. The molecule has 0 aliphatic carbocycles. The molecule has 0 unspecified atom stereocenters. The van der Waals surface area contributed by atoms with Crippen LogP contribution in [0.15, 0.2) is 24.3 Å². The molecule has 4 N–H and O–H groups in total. The topological polar surface area (TPSA) is 143 Å². The number of hydrogen-bond donors (Lipinski definition) is 4. The molecule has 0 bridgehead atoms. The monoisotopic (exact) mass is 362 g/mol. The summed E-state index contributed by atoms with van der Waals surface area (Å²) in [6.45, 7) is 0.446. The van der Waals surface area contributed by atoms with Gasteiger partial charge in [-0.1, -0.05) is 0 Å². The van der Waals surface area contributed by atoms with Gasteiger partial charge in [-0.25, -0.2) is 9.59 Å². The Morgan fingerprint density at radius 1 is 0.720 bits per heavy atom. The van der Waals surface area contributed by atoms with Crippen molar-refractivity contribution in [2.24, 2.45) is 0 Å². The molecule has 0 saturated carbocycles. The van der Waals surface area contributed by atoms with E-state index in [1.165, 1.54) is 38.5 Å². The minimum absolute atomic E-state index is 0.0278. The van der Waals surface area contributed by atoms with Crippen LogP contribution in [-0.4, -0.2) is 86.2 Å². The molecule has 0 radical (unpaired) electrons. The molecule has 0 spiro atoms. The molecular formula is C16H26O9. The van der Waals surface area contributed by atoms with Gasteiger partial charge in [-0.2, -0.15) is 0 Å². The third-order valence-electron chi connectivity index (χ3n) is 2.30. The first kappa shape index (κ1) is 25.2. The number of methoxy groups -OCH3 is 2. The third kappa shape index (κ3) is 14.0. The van der Waals surface area contributed by atoms with E-state index in [4.69, 9.17) is 20.4 Å². The van der Waals surface area contributed by atoms with Crippen LogP contribution < -0.4 is 0 Å². The van der Waals surface area contributed by atoms with Gasteiger partial charge in [-0.15, -0.1) is 0 Å². The zero-order valence-electron chi connectivity index (χ0n) is 14.4. The maximum absolute atomic E-state index is 11.0. The second kappa shape index (κ2) is 18.3. The Kier molecular flexibility index (Phi) is 18.4. The highest BCUT2D eigenvalue weighted by atomic mass is 16.5. The van der Waals surface area contributed by atoms with Crippen molar-refractivity contribution in [3.05, 3.63) is 35.4 Å². The van der Waals surface area contributed by atoms with Gasteiger partial charge in [0.25, 0.3) is 0 Å². The molecule has 25 heavy (non-hydrogen) atoms. The van der Waals surface area contributed by atoms with E-state index in [0.29, 0.717) is 24.3 Å². The zero-order valence-corrected chi connectivity index (χ0v) is 14.4. The van der Waals surface area contributed by atoms with E-state index in [9.17, 15) is 9.59 Å². The molecule has 144 valence electrons. The van der Waals surface area contributed by atoms with Crippen LogP contribution in [0.25, 0.3) is 0 Å². The van der Waals surface area contributed by atoms with E-state index in [-0.39, 0.29) is 26.4 Å². The van der Waals surface area contributed by atoms with E-state index in [2.05, 4.69) is 14.2 Å². The van der Waals surface area contributed by atoms with Gasteiger partial charge in [-0.05, 0) is 24.3 Å². The van der Waals surface area contributed by atoms with Gasteiger partial charge in [0.05, 0.1) is 65.0 Å².